The molecule has 3 heterocycles. The lowest BCUT2D eigenvalue weighted by Crippen LogP contribution is -2.62. The highest BCUT2D eigenvalue weighted by atomic mass is 15.3. The number of anilines is 8. The molecular formula is C79H76BN3. The molecular weight excluding hydrogens is 1000 g/mol. The van der Waals surface area contributed by atoms with Gasteiger partial charge in [0.2, 0.25) is 0 Å². The lowest BCUT2D eigenvalue weighted by atomic mass is 9.33. The molecule has 0 aromatic heterocycles. The Kier molecular flexibility index (Phi) is 11.7. The molecule has 3 aliphatic carbocycles. The van der Waals surface area contributed by atoms with Crippen molar-refractivity contribution in [3.05, 3.63) is 246 Å². The van der Waals surface area contributed by atoms with E-state index in [1.54, 1.807) is 0 Å². The smallest absolute Gasteiger partial charge is 0.252 e. The normalized spacial score (nSPS) is 21.2. The summed E-state index contributed by atoms with van der Waals surface area (Å²) >= 11 is 0. The Labute approximate surface area is 494 Å². The Bertz CT molecular complexity index is 4140. The molecule has 0 amide bonds. The number of fused-ring (bicyclic) bond motifs is 8. The molecule has 3 unspecified atom stereocenters. The van der Waals surface area contributed by atoms with Gasteiger partial charge in [-0.05, 0) is 182 Å². The third-order valence-corrected chi connectivity index (χ3v) is 20.8. The Morgan fingerprint density at radius 1 is 0.458 bits per heavy atom. The summed E-state index contributed by atoms with van der Waals surface area (Å²) in [5.41, 5.74) is 28.2. The zero-order valence-corrected chi connectivity index (χ0v) is 50.0. The molecule has 83 heavy (non-hydrogen) atoms. The van der Waals surface area contributed by atoms with E-state index in [0.29, 0.717) is 0 Å². The summed E-state index contributed by atoms with van der Waals surface area (Å²) in [4.78, 5) is 8.28. The molecule has 1 saturated carbocycles. The van der Waals surface area contributed by atoms with Gasteiger partial charge < -0.3 is 14.7 Å². The molecule has 0 N–H and O–H groups in total. The van der Waals surface area contributed by atoms with Crippen molar-refractivity contribution in [3.8, 4) is 33.4 Å². The Morgan fingerprint density at radius 2 is 1.08 bits per heavy atom. The van der Waals surface area contributed by atoms with E-state index >= 15 is 0 Å². The minimum absolute atomic E-state index is 0.00702. The first-order chi connectivity index (χ1) is 40.0. The van der Waals surface area contributed by atoms with Crippen molar-refractivity contribution in [2.75, 3.05) is 14.7 Å². The fraction of sp³-hybridized carbons (Fsp3) is 0.266. The van der Waals surface area contributed by atoms with Gasteiger partial charge in [-0.25, -0.2) is 0 Å². The minimum atomic E-state index is -0.209. The van der Waals surface area contributed by atoms with E-state index in [9.17, 15) is 0 Å². The van der Waals surface area contributed by atoms with Gasteiger partial charge in [0.05, 0.1) is 11.2 Å². The van der Waals surface area contributed by atoms with Crippen LogP contribution in [0.1, 0.15) is 135 Å². The van der Waals surface area contributed by atoms with E-state index in [1.807, 2.05) is 0 Å². The van der Waals surface area contributed by atoms with Gasteiger partial charge >= 0.3 is 0 Å². The van der Waals surface area contributed by atoms with Crippen LogP contribution in [0.4, 0.5) is 45.5 Å². The van der Waals surface area contributed by atoms with Crippen molar-refractivity contribution in [2.45, 2.75) is 134 Å². The average Bonchev–Trinajstić information content (AvgIpc) is 1.93. The topological polar surface area (TPSA) is 9.72 Å². The lowest BCUT2D eigenvalue weighted by molar-refractivity contribution is 0.195. The zero-order chi connectivity index (χ0) is 56.8. The molecule has 0 radical (unpaired) electrons. The molecule has 0 bridgehead atoms. The molecule has 3 nitrogen and oxygen atoms in total. The molecule has 1 fully saturated rings. The molecule has 0 spiro atoms. The van der Waals surface area contributed by atoms with Crippen LogP contribution in [0.15, 0.2) is 218 Å². The van der Waals surface area contributed by atoms with Gasteiger partial charge in [0.1, 0.15) is 0 Å². The van der Waals surface area contributed by atoms with Crippen LogP contribution < -0.4 is 31.1 Å². The van der Waals surface area contributed by atoms with Crippen LogP contribution in [0, 0.1) is 0 Å². The standard InChI is InChI=1S/C79H76BN3/c1-75(2,3)59-37-40-68(62(46-59)55-31-20-13-21-32-55)82-71-50-64-63(76(4,5)51-77(64,6)7)49-67(71)80-66-38-35-58(54-29-18-12-19-30-54)45-70(66)81(60-34-24-33-56(43-60)52-25-14-10-15-26-52)72-47-61(48-73(82)74(72)80)83-69-39-36-57(53-27-16-11-17-28-53)44-65(69)78(8)41-22-23-42-79(78,83)9/h10-21,24-29,31-40,43-50,54H,22-23,30,41-42,51H2,1-9H3. The fourth-order valence-electron chi connectivity index (χ4n) is 16.6. The lowest BCUT2D eigenvalue weighted by Gasteiger charge is -2.51. The predicted octanol–water partition coefficient (Wildman–Crippen LogP) is 19.4. The number of rotatable bonds is 7. The summed E-state index contributed by atoms with van der Waals surface area (Å²) < 4.78 is 0. The van der Waals surface area contributed by atoms with Crippen molar-refractivity contribution in [2.24, 2.45) is 0 Å². The number of nitrogens with zero attached hydrogens (tertiary/aromatic N) is 3. The van der Waals surface area contributed by atoms with Crippen LogP contribution >= 0.6 is 0 Å². The van der Waals surface area contributed by atoms with Crippen LogP contribution in [0.2, 0.25) is 0 Å². The second-order valence-corrected chi connectivity index (χ2v) is 27.9. The Hall–Kier alpha value is -8.08. The molecule has 410 valence electrons. The van der Waals surface area contributed by atoms with E-state index in [2.05, 4.69) is 295 Å². The van der Waals surface area contributed by atoms with Crippen LogP contribution in [0.25, 0.3) is 33.4 Å². The van der Waals surface area contributed by atoms with Crippen molar-refractivity contribution in [1.29, 1.82) is 0 Å². The molecule has 0 saturated heterocycles. The number of benzene rings is 9. The maximum atomic E-state index is 2.84. The molecule has 4 heteroatoms. The average molecular weight is 1080 g/mol. The highest BCUT2D eigenvalue weighted by Crippen LogP contribution is 2.63. The fourth-order valence-corrected chi connectivity index (χ4v) is 16.6. The number of hydrogen-bond donors (Lipinski definition) is 0. The van der Waals surface area contributed by atoms with Crippen molar-refractivity contribution < 1.29 is 0 Å². The van der Waals surface area contributed by atoms with Gasteiger partial charge in [0, 0.05) is 56.7 Å². The van der Waals surface area contributed by atoms with Crippen molar-refractivity contribution >= 4 is 68.6 Å². The van der Waals surface area contributed by atoms with E-state index in [0.717, 1.165) is 25.7 Å². The summed E-state index contributed by atoms with van der Waals surface area (Å²) in [5.74, 6) is 0.282. The van der Waals surface area contributed by atoms with E-state index in [4.69, 9.17) is 0 Å². The first-order valence-corrected chi connectivity index (χ1v) is 30.8. The molecule has 15 rings (SSSR count). The third kappa shape index (κ3) is 7.98. The quantitative estimate of drug-likeness (QED) is 0.147. The Balaban J connectivity index is 1.08. The first kappa shape index (κ1) is 51.8. The monoisotopic (exact) mass is 1080 g/mol. The minimum Gasteiger partial charge on any atom is -0.334 e. The maximum absolute atomic E-state index is 2.84. The van der Waals surface area contributed by atoms with Crippen LogP contribution in [-0.4, -0.2) is 12.3 Å². The second-order valence-electron chi connectivity index (χ2n) is 27.9. The van der Waals surface area contributed by atoms with E-state index < -0.39 is 0 Å². The van der Waals surface area contributed by atoms with Gasteiger partial charge in [-0.3, -0.25) is 0 Å². The number of allylic oxidation sites excluding steroid dienone is 4. The van der Waals surface area contributed by atoms with Gasteiger partial charge in [0.25, 0.3) is 6.71 Å². The maximum Gasteiger partial charge on any atom is 0.252 e. The van der Waals surface area contributed by atoms with E-state index in [-0.39, 0.29) is 39.8 Å². The molecule has 9 aromatic carbocycles. The molecule has 6 aliphatic rings. The summed E-state index contributed by atoms with van der Waals surface area (Å²) in [6.45, 7) is 22.2. The largest absolute Gasteiger partial charge is 0.334 e. The molecule has 3 aliphatic heterocycles. The summed E-state index contributed by atoms with van der Waals surface area (Å²) in [5, 5.41) is 0. The summed E-state index contributed by atoms with van der Waals surface area (Å²) in [6, 6.07) is 75.7. The molecule has 9 aromatic rings. The second kappa shape index (κ2) is 18.7. The van der Waals surface area contributed by atoms with Gasteiger partial charge in [-0.2, -0.15) is 0 Å². The van der Waals surface area contributed by atoms with Crippen molar-refractivity contribution in [1.82, 2.24) is 0 Å². The van der Waals surface area contributed by atoms with Crippen LogP contribution in [0.5, 0.6) is 0 Å². The molecule has 3 atom stereocenters. The first-order valence-electron chi connectivity index (χ1n) is 30.8. The third-order valence-electron chi connectivity index (χ3n) is 20.8. The van der Waals surface area contributed by atoms with Gasteiger partial charge in [0.15, 0.2) is 0 Å². The highest BCUT2D eigenvalue weighted by Gasteiger charge is 2.58. The number of hydrogen-bond acceptors (Lipinski definition) is 3. The van der Waals surface area contributed by atoms with E-state index in [1.165, 1.54) is 136 Å². The summed E-state index contributed by atoms with van der Waals surface area (Å²) in [6.07, 6.45) is 15.9. The Morgan fingerprint density at radius 3 is 1.77 bits per heavy atom. The highest BCUT2D eigenvalue weighted by molar-refractivity contribution is 7.00. The van der Waals surface area contributed by atoms with Crippen LogP contribution in [-0.2, 0) is 21.7 Å². The van der Waals surface area contributed by atoms with Gasteiger partial charge in [-0.1, -0.05) is 226 Å². The zero-order valence-electron chi connectivity index (χ0n) is 50.0. The predicted molar refractivity (Wildman–Crippen MR) is 355 cm³/mol. The van der Waals surface area contributed by atoms with Crippen LogP contribution in [0.3, 0.4) is 0 Å². The summed E-state index contributed by atoms with van der Waals surface area (Å²) in [7, 11) is 0. The van der Waals surface area contributed by atoms with Gasteiger partial charge in [-0.15, -0.1) is 0 Å². The van der Waals surface area contributed by atoms with Crippen molar-refractivity contribution in [3.63, 3.8) is 0 Å². The SMILES string of the molecule is CC(C)(C)c1ccc(N2c3cc4c(cc3B3c5ccc(C6C=CC=CC6)cc5N(c5cccc(-c6ccccc6)c5)c5cc(N6c7ccc(-c8ccccc8)cc7C7(C)CCCCC67C)cc2c53)C(C)(C)CC4(C)C)c(-c2ccccc2)c1.